The molecule has 23 heavy (non-hydrogen) atoms. The third-order valence-electron chi connectivity index (χ3n) is 6.55. The number of halogens is 1. The van der Waals surface area contributed by atoms with Gasteiger partial charge in [-0.3, -0.25) is 9.59 Å². The van der Waals surface area contributed by atoms with Crippen LogP contribution in [0, 0.1) is 16.2 Å². The van der Waals surface area contributed by atoms with Crippen molar-refractivity contribution in [2.24, 2.45) is 16.2 Å². The Hall–Kier alpha value is -1.55. The number of fused-ring (bicyclic) bond motifs is 2. The minimum Gasteiger partial charge on any atom is -0.495 e. The summed E-state index contributed by atoms with van der Waals surface area (Å²) in [6.45, 7) is 6.08. The molecule has 0 heterocycles. The van der Waals surface area contributed by atoms with Gasteiger partial charge in [0.1, 0.15) is 11.5 Å². The van der Waals surface area contributed by atoms with Gasteiger partial charge in [0.15, 0.2) is 0 Å². The number of nitrogens with one attached hydrogen (secondary N) is 1. The normalized spacial score (nSPS) is 31.3. The Morgan fingerprint density at radius 2 is 1.96 bits per heavy atom. The van der Waals surface area contributed by atoms with Gasteiger partial charge in [0.2, 0.25) is 5.91 Å². The average molecular weight is 336 g/mol. The number of hydrogen-bond donors (Lipinski definition) is 1. The molecule has 124 valence electrons. The quantitative estimate of drug-likeness (QED) is 0.905. The first-order valence-electron chi connectivity index (χ1n) is 7.86. The largest absolute Gasteiger partial charge is 0.495 e. The fourth-order valence-electron chi connectivity index (χ4n) is 4.38. The van der Waals surface area contributed by atoms with Gasteiger partial charge < -0.3 is 10.1 Å². The van der Waals surface area contributed by atoms with Crippen LogP contribution in [0.2, 0.25) is 5.02 Å². The summed E-state index contributed by atoms with van der Waals surface area (Å²) in [6.07, 6.45) is 1.81. The van der Waals surface area contributed by atoms with Gasteiger partial charge in [-0.2, -0.15) is 0 Å². The number of hydrogen-bond acceptors (Lipinski definition) is 3. The molecule has 3 rings (SSSR count). The predicted molar refractivity (Wildman–Crippen MR) is 89.8 cm³/mol. The van der Waals surface area contributed by atoms with Crippen LogP contribution in [-0.2, 0) is 9.59 Å². The first-order valence-corrected chi connectivity index (χ1v) is 8.24. The Kier molecular flexibility index (Phi) is 3.53. The number of rotatable bonds is 3. The first-order chi connectivity index (χ1) is 10.7. The molecule has 0 radical (unpaired) electrons. The lowest BCUT2D eigenvalue weighted by Gasteiger charge is -2.38. The highest BCUT2D eigenvalue weighted by Crippen LogP contribution is 2.70. The van der Waals surface area contributed by atoms with Crippen molar-refractivity contribution in [2.75, 3.05) is 12.4 Å². The fraction of sp³-hybridized carbons (Fsp3) is 0.556. The van der Waals surface area contributed by atoms with Crippen molar-refractivity contribution in [2.45, 2.75) is 40.0 Å². The first kappa shape index (κ1) is 16.3. The van der Waals surface area contributed by atoms with E-state index in [4.69, 9.17) is 16.3 Å². The zero-order valence-electron chi connectivity index (χ0n) is 14.0. The van der Waals surface area contributed by atoms with Crippen molar-refractivity contribution in [1.82, 2.24) is 0 Å². The summed E-state index contributed by atoms with van der Waals surface area (Å²) in [5.41, 5.74) is -0.898. The van der Waals surface area contributed by atoms with E-state index in [-0.39, 0.29) is 17.1 Å². The minimum absolute atomic E-state index is 0.113. The van der Waals surface area contributed by atoms with Crippen LogP contribution in [0.3, 0.4) is 0 Å². The van der Waals surface area contributed by atoms with E-state index in [2.05, 4.69) is 5.32 Å². The van der Waals surface area contributed by atoms with Crippen LogP contribution in [0.1, 0.15) is 40.0 Å². The maximum Gasteiger partial charge on any atom is 0.231 e. The molecule has 2 aliphatic rings. The van der Waals surface area contributed by atoms with E-state index < -0.39 is 10.8 Å². The SMILES string of the molecule is COc1ccc(Cl)cc1NC(=O)[C@@]12CC[C@@](C)(C(=O)C1)C2(C)C. The molecule has 0 unspecified atom stereocenters. The summed E-state index contributed by atoms with van der Waals surface area (Å²) in [7, 11) is 1.55. The van der Waals surface area contributed by atoms with Gasteiger partial charge in [-0.05, 0) is 36.5 Å². The molecule has 1 amide bonds. The highest BCUT2D eigenvalue weighted by molar-refractivity contribution is 6.31. The van der Waals surface area contributed by atoms with Gasteiger partial charge >= 0.3 is 0 Å². The molecule has 5 heteroatoms. The second-order valence-corrected chi connectivity index (χ2v) is 7.87. The zero-order chi connectivity index (χ0) is 17.0. The number of carbonyl (C=O) groups is 2. The van der Waals surface area contributed by atoms with E-state index in [1.165, 1.54) is 0 Å². The van der Waals surface area contributed by atoms with Crippen LogP contribution in [0.4, 0.5) is 5.69 Å². The summed E-state index contributed by atoms with van der Waals surface area (Å²) >= 11 is 6.03. The van der Waals surface area contributed by atoms with Crippen LogP contribution >= 0.6 is 11.6 Å². The van der Waals surface area contributed by atoms with Crippen molar-refractivity contribution in [3.05, 3.63) is 23.2 Å². The summed E-state index contributed by atoms with van der Waals surface area (Å²) in [5.74, 6) is 0.640. The topological polar surface area (TPSA) is 55.4 Å². The molecule has 2 saturated carbocycles. The Morgan fingerprint density at radius 3 is 2.48 bits per heavy atom. The Bertz CT molecular complexity index is 700. The molecule has 2 bridgehead atoms. The Morgan fingerprint density at radius 1 is 1.26 bits per heavy atom. The maximum atomic E-state index is 13.1. The van der Waals surface area contributed by atoms with E-state index in [0.717, 1.165) is 12.8 Å². The van der Waals surface area contributed by atoms with E-state index in [9.17, 15) is 9.59 Å². The number of ether oxygens (including phenoxy) is 1. The van der Waals surface area contributed by atoms with Gasteiger partial charge in [0.25, 0.3) is 0 Å². The van der Waals surface area contributed by atoms with Gasteiger partial charge in [-0.1, -0.05) is 32.4 Å². The molecular formula is C18H22ClNO3. The highest BCUT2D eigenvalue weighted by Gasteiger charge is 2.72. The van der Waals surface area contributed by atoms with E-state index in [1.54, 1.807) is 25.3 Å². The lowest BCUT2D eigenvalue weighted by atomic mass is 9.64. The molecule has 0 saturated heterocycles. The summed E-state index contributed by atoms with van der Waals surface area (Å²) in [6, 6.07) is 5.11. The lowest BCUT2D eigenvalue weighted by Crippen LogP contribution is -2.43. The number of carbonyl (C=O) groups excluding carboxylic acids is 2. The molecule has 0 aliphatic heterocycles. The standard InChI is InChI=1S/C18H22ClNO3/c1-16(2)17(3)7-8-18(16,10-14(17)21)15(22)20-12-9-11(19)5-6-13(12)23-4/h5-6,9H,7-8,10H2,1-4H3,(H,20,22)/t17-,18+/m0/s1. The van der Waals surface area contributed by atoms with Gasteiger partial charge in [-0.15, -0.1) is 0 Å². The minimum atomic E-state index is -0.661. The molecule has 1 aromatic rings. The monoisotopic (exact) mass is 335 g/mol. The second kappa shape index (κ2) is 4.97. The lowest BCUT2D eigenvalue weighted by molar-refractivity contribution is -0.131. The predicted octanol–water partition coefficient (Wildman–Crippen LogP) is 4.07. The van der Waals surface area contributed by atoms with Crippen LogP contribution in [0.5, 0.6) is 5.75 Å². The molecular weight excluding hydrogens is 314 g/mol. The van der Waals surface area contributed by atoms with Gasteiger partial charge in [-0.25, -0.2) is 0 Å². The van der Waals surface area contributed by atoms with E-state index in [0.29, 0.717) is 22.9 Å². The Balaban J connectivity index is 1.96. The zero-order valence-corrected chi connectivity index (χ0v) is 14.7. The smallest absolute Gasteiger partial charge is 0.231 e. The number of Topliss-reactive ketones (excluding diaryl/α,β-unsaturated/α-hetero) is 1. The number of anilines is 1. The van der Waals surface area contributed by atoms with Crippen molar-refractivity contribution in [1.29, 1.82) is 0 Å². The molecule has 2 atom stereocenters. The molecule has 4 nitrogen and oxygen atoms in total. The van der Waals surface area contributed by atoms with E-state index >= 15 is 0 Å². The molecule has 2 fully saturated rings. The highest BCUT2D eigenvalue weighted by atomic mass is 35.5. The summed E-state index contributed by atoms with van der Waals surface area (Å²) in [5, 5.41) is 3.48. The Labute approximate surface area is 141 Å². The van der Waals surface area contributed by atoms with Crippen LogP contribution in [-0.4, -0.2) is 18.8 Å². The number of methoxy groups -OCH3 is 1. The fourth-order valence-corrected chi connectivity index (χ4v) is 4.55. The number of amides is 1. The van der Waals surface area contributed by atoms with Crippen molar-refractivity contribution >= 4 is 29.0 Å². The molecule has 2 aliphatic carbocycles. The molecule has 0 aromatic heterocycles. The third-order valence-corrected chi connectivity index (χ3v) is 6.78. The molecule has 0 spiro atoms. The molecule has 1 aromatic carbocycles. The van der Waals surface area contributed by atoms with Crippen LogP contribution < -0.4 is 10.1 Å². The van der Waals surface area contributed by atoms with Crippen LogP contribution in [0.15, 0.2) is 18.2 Å². The summed E-state index contributed by atoms with van der Waals surface area (Å²) in [4.78, 5) is 25.6. The third kappa shape index (κ3) is 1.97. The number of ketones is 1. The molecule has 1 N–H and O–H groups in total. The van der Waals surface area contributed by atoms with Crippen LogP contribution in [0.25, 0.3) is 0 Å². The second-order valence-electron chi connectivity index (χ2n) is 7.44. The van der Waals surface area contributed by atoms with Gasteiger partial charge in [0.05, 0.1) is 18.2 Å². The number of benzene rings is 1. The van der Waals surface area contributed by atoms with E-state index in [1.807, 2.05) is 20.8 Å². The maximum absolute atomic E-state index is 13.1. The average Bonchev–Trinajstić information content (AvgIpc) is 2.78. The van der Waals surface area contributed by atoms with Gasteiger partial charge in [0, 0.05) is 16.9 Å². The summed E-state index contributed by atoms with van der Waals surface area (Å²) < 4.78 is 5.29. The van der Waals surface area contributed by atoms with Crippen molar-refractivity contribution in [3.63, 3.8) is 0 Å². The van der Waals surface area contributed by atoms with Crippen molar-refractivity contribution in [3.8, 4) is 5.75 Å². The van der Waals surface area contributed by atoms with Crippen molar-refractivity contribution < 1.29 is 14.3 Å².